The van der Waals surface area contributed by atoms with Crippen molar-refractivity contribution < 1.29 is 14.2 Å². The van der Waals surface area contributed by atoms with E-state index in [1.807, 2.05) is 25.2 Å². The molecule has 112 valence electrons. The van der Waals surface area contributed by atoms with Crippen LogP contribution < -0.4 is 10.1 Å². The minimum Gasteiger partial charge on any atom is -0.490 e. The highest BCUT2D eigenvalue weighted by Crippen LogP contribution is 2.32. The van der Waals surface area contributed by atoms with Gasteiger partial charge >= 0.3 is 0 Å². The van der Waals surface area contributed by atoms with Crippen molar-refractivity contribution in [1.82, 2.24) is 5.32 Å². The molecule has 1 aliphatic rings. The van der Waals surface area contributed by atoms with E-state index in [0.717, 1.165) is 30.8 Å². The van der Waals surface area contributed by atoms with Gasteiger partial charge in [-0.2, -0.15) is 0 Å². The second-order valence-electron chi connectivity index (χ2n) is 4.99. The SMILES string of the molecule is CCCCOCCOC1COc2ccccc2C1NC. The van der Waals surface area contributed by atoms with Gasteiger partial charge in [0.25, 0.3) is 0 Å². The van der Waals surface area contributed by atoms with Gasteiger partial charge in [-0.25, -0.2) is 0 Å². The van der Waals surface area contributed by atoms with Crippen LogP contribution in [0.3, 0.4) is 0 Å². The highest BCUT2D eigenvalue weighted by Gasteiger charge is 2.30. The van der Waals surface area contributed by atoms with Gasteiger partial charge in [0.05, 0.1) is 19.3 Å². The van der Waals surface area contributed by atoms with E-state index >= 15 is 0 Å². The number of hydrogen-bond donors (Lipinski definition) is 1. The van der Waals surface area contributed by atoms with Gasteiger partial charge in [-0.3, -0.25) is 0 Å². The predicted octanol–water partition coefficient (Wildman–Crippen LogP) is 2.54. The van der Waals surface area contributed by atoms with Crippen molar-refractivity contribution in [3.63, 3.8) is 0 Å². The topological polar surface area (TPSA) is 39.7 Å². The molecule has 1 aliphatic heterocycles. The highest BCUT2D eigenvalue weighted by molar-refractivity contribution is 5.38. The molecule has 2 unspecified atom stereocenters. The molecule has 0 bridgehead atoms. The molecule has 20 heavy (non-hydrogen) atoms. The molecular weight excluding hydrogens is 254 g/mol. The van der Waals surface area contributed by atoms with Crippen LogP contribution in [0.25, 0.3) is 0 Å². The lowest BCUT2D eigenvalue weighted by Gasteiger charge is -2.33. The number of likely N-dealkylation sites (N-methyl/N-ethyl adjacent to an activating group) is 1. The summed E-state index contributed by atoms with van der Waals surface area (Å²) in [4.78, 5) is 0. The van der Waals surface area contributed by atoms with Gasteiger partial charge in [0.1, 0.15) is 18.5 Å². The fourth-order valence-electron chi connectivity index (χ4n) is 2.43. The molecule has 0 spiro atoms. The maximum atomic E-state index is 5.91. The van der Waals surface area contributed by atoms with Crippen molar-refractivity contribution in [2.75, 3.05) is 33.5 Å². The quantitative estimate of drug-likeness (QED) is 0.742. The Kier molecular flexibility index (Phi) is 6.30. The van der Waals surface area contributed by atoms with Crippen LogP contribution >= 0.6 is 0 Å². The van der Waals surface area contributed by atoms with Crippen LogP contribution in [0.15, 0.2) is 24.3 Å². The maximum absolute atomic E-state index is 5.91. The Balaban J connectivity index is 1.81. The van der Waals surface area contributed by atoms with Crippen molar-refractivity contribution in [2.45, 2.75) is 31.9 Å². The van der Waals surface area contributed by atoms with Gasteiger partial charge in [-0.15, -0.1) is 0 Å². The molecule has 4 heteroatoms. The molecule has 4 nitrogen and oxygen atoms in total. The van der Waals surface area contributed by atoms with E-state index in [2.05, 4.69) is 18.3 Å². The Morgan fingerprint density at radius 1 is 1.25 bits per heavy atom. The summed E-state index contributed by atoms with van der Waals surface area (Å²) in [5.74, 6) is 0.950. The van der Waals surface area contributed by atoms with Gasteiger partial charge in [0.2, 0.25) is 0 Å². The minimum atomic E-state index is 0.0321. The van der Waals surface area contributed by atoms with Crippen LogP contribution in [-0.2, 0) is 9.47 Å². The lowest BCUT2D eigenvalue weighted by Crippen LogP contribution is -2.40. The molecule has 0 aromatic heterocycles. The molecule has 1 aromatic carbocycles. The van der Waals surface area contributed by atoms with Crippen LogP contribution in [0.2, 0.25) is 0 Å². The Hall–Kier alpha value is -1.10. The number of benzene rings is 1. The Labute approximate surface area is 121 Å². The highest BCUT2D eigenvalue weighted by atomic mass is 16.6. The zero-order valence-electron chi connectivity index (χ0n) is 12.4. The average molecular weight is 279 g/mol. The second-order valence-corrected chi connectivity index (χ2v) is 4.99. The zero-order valence-corrected chi connectivity index (χ0v) is 12.4. The average Bonchev–Trinajstić information content (AvgIpc) is 2.50. The molecule has 1 aromatic rings. The molecule has 2 rings (SSSR count). The predicted molar refractivity (Wildman–Crippen MR) is 79.2 cm³/mol. The third-order valence-electron chi connectivity index (χ3n) is 3.54. The Morgan fingerprint density at radius 2 is 2.10 bits per heavy atom. The third-order valence-corrected chi connectivity index (χ3v) is 3.54. The standard InChI is InChI=1S/C16H25NO3/c1-3-4-9-18-10-11-19-15-12-20-14-8-6-5-7-13(14)16(15)17-2/h5-8,15-17H,3-4,9-12H2,1-2H3. The summed E-state index contributed by atoms with van der Waals surface area (Å²) >= 11 is 0. The molecule has 0 radical (unpaired) electrons. The Morgan fingerprint density at radius 3 is 2.90 bits per heavy atom. The smallest absolute Gasteiger partial charge is 0.124 e. The number of unbranched alkanes of at least 4 members (excludes halogenated alkanes) is 1. The minimum absolute atomic E-state index is 0.0321. The van der Waals surface area contributed by atoms with Crippen molar-refractivity contribution in [3.05, 3.63) is 29.8 Å². The van der Waals surface area contributed by atoms with E-state index in [1.165, 1.54) is 0 Å². The van der Waals surface area contributed by atoms with Crippen molar-refractivity contribution in [3.8, 4) is 5.75 Å². The van der Waals surface area contributed by atoms with Gasteiger partial charge in [-0.05, 0) is 19.5 Å². The maximum Gasteiger partial charge on any atom is 0.124 e. The lowest BCUT2D eigenvalue weighted by atomic mass is 9.98. The number of para-hydroxylation sites is 1. The second kappa shape index (κ2) is 8.25. The summed E-state index contributed by atoms with van der Waals surface area (Å²) in [5, 5.41) is 3.33. The first-order chi connectivity index (χ1) is 9.86. The molecular formula is C16H25NO3. The first-order valence-electron chi connectivity index (χ1n) is 7.45. The van der Waals surface area contributed by atoms with Crippen LogP contribution in [-0.4, -0.2) is 39.6 Å². The van der Waals surface area contributed by atoms with Gasteiger partial charge in [-0.1, -0.05) is 31.5 Å². The summed E-state index contributed by atoms with van der Waals surface area (Å²) in [5.41, 5.74) is 1.16. The van der Waals surface area contributed by atoms with Crippen LogP contribution in [0.4, 0.5) is 0 Å². The Bertz CT molecular complexity index is 397. The number of ether oxygens (including phenoxy) is 3. The molecule has 0 aliphatic carbocycles. The molecule has 1 N–H and O–H groups in total. The van der Waals surface area contributed by atoms with Crippen LogP contribution in [0.5, 0.6) is 5.75 Å². The summed E-state index contributed by atoms with van der Waals surface area (Å²) in [6, 6.07) is 8.29. The van der Waals surface area contributed by atoms with E-state index in [1.54, 1.807) is 0 Å². The van der Waals surface area contributed by atoms with Gasteiger partial charge < -0.3 is 19.5 Å². The number of nitrogens with one attached hydrogen (secondary N) is 1. The summed E-state index contributed by atoms with van der Waals surface area (Å²) < 4.78 is 17.2. The molecule has 1 heterocycles. The van der Waals surface area contributed by atoms with Gasteiger partial charge in [0, 0.05) is 12.2 Å². The first-order valence-corrected chi connectivity index (χ1v) is 7.45. The largest absolute Gasteiger partial charge is 0.490 e. The van der Waals surface area contributed by atoms with Crippen LogP contribution in [0.1, 0.15) is 31.4 Å². The van der Waals surface area contributed by atoms with E-state index in [0.29, 0.717) is 19.8 Å². The monoisotopic (exact) mass is 279 g/mol. The number of rotatable bonds is 8. The fourth-order valence-corrected chi connectivity index (χ4v) is 2.43. The lowest BCUT2D eigenvalue weighted by molar-refractivity contribution is -0.0387. The van der Waals surface area contributed by atoms with Crippen molar-refractivity contribution >= 4 is 0 Å². The van der Waals surface area contributed by atoms with Gasteiger partial charge in [0.15, 0.2) is 0 Å². The van der Waals surface area contributed by atoms with Crippen molar-refractivity contribution in [1.29, 1.82) is 0 Å². The molecule has 0 amide bonds. The molecule has 0 fully saturated rings. The summed E-state index contributed by atoms with van der Waals surface area (Å²) in [6.45, 7) is 4.82. The fraction of sp³-hybridized carbons (Fsp3) is 0.625. The van der Waals surface area contributed by atoms with E-state index in [9.17, 15) is 0 Å². The first kappa shape index (κ1) is 15.3. The zero-order chi connectivity index (χ0) is 14.2. The normalized spacial score (nSPS) is 21.3. The number of fused-ring (bicyclic) bond motifs is 1. The molecule has 2 atom stereocenters. The molecule has 0 saturated carbocycles. The summed E-state index contributed by atoms with van der Waals surface area (Å²) in [7, 11) is 1.96. The van der Waals surface area contributed by atoms with E-state index in [-0.39, 0.29) is 12.1 Å². The van der Waals surface area contributed by atoms with E-state index < -0.39 is 0 Å². The number of hydrogen-bond acceptors (Lipinski definition) is 4. The molecule has 0 saturated heterocycles. The third kappa shape index (κ3) is 3.95. The van der Waals surface area contributed by atoms with Crippen LogP contribution in [0, 0.1) is 0 Å². The van der Waals surface area contributed by atoms with E-state index in [4.69, 9.17) is 14.2 Å². The summed E-state index contributed by atoms with van der Waals surface area (Å²) in [6.07, 6.45) is 2.30. The van der Waals surface area contributed by atoms with Crippen molar-refractivity contribution in [2.24, 2.45) is 0 Å².